The number of hydrogen-bond donors (Lipinski definition) is 2. The predicted octanol–water partition coefficient (Wildman–Crippen LogP) is 1.91. The van der Waals surface area contributed by atoms with Crippen LogP contribution in [0.25, 0.3) is 0 Å². The highest BCUT2D eigenvalue weighted by Gasteiger charge is 2.09. The van der Waals surface area contributed by atoms with E-state index in [9.17, 15) is 9.59 Å². The summed E-state index contributed by atoms with van der Waals surface area (Å²) in [7, 11) is 0. The van der Waals surface area contributed by atoms with Gasteiger partial charge in [-0.1, -0.05) is 29.8 Å². The number of aliphatic carboxylic acids is 1. The molecule has 0 aromatic heterocycles. The number of aryl methyl sites for hydroxylation is 1. The minimum absolute atomic E-state index is 0.0708. The molecular formula is C14H19NO3. The van der Waals surface area contributed by atoms with Crippen molar-refractivity contribution in [2.75, 3.05) is 0 Å². The lowest BCUT2D eigenvalue weighted by Gasteiger charge is -2.12. The third-order valence-electron chi connectivity index (χ3n) is 2.65. The van der Waals surface area contributed by atoms with Gasteiger partial charge in [0.15, 0.2) is 0 Å². The maximum absolute atomic E-state index is 11.7. The normalized spacial score (nSPS) is 11.9. The molecule has 0 aliphatic carbocycles. The van der Waals surface area contributed by atoms with Crippen LogP contribution in [-0.2, 0) is 16.0 Å². The van der Waals surface area contributed by atoms with Gasteiger partial charge in [-0.15, -0.1) is 0 Å². The van der Waals surface area contributed by atoms with Gasteiger partial charge in [-0.25, -0.2) is 0 Å². The second-order valence-corrected chi connectivity index (χ2v) is 4.57. The van der Waals surface area contributed by atoms with Gasteiger partial charge in [0.2, 0.25) is 5.91 Å². The fraction of sp³-hybridized carbons (Fsp3) is 0.429. The van der Waals surface area contributed by atoms with Gasteiger partial charge in [0, 0.05) is 12.5 Å². The molecule has 0 heterocycles. The van der Waals surface area contributed by atoms with Crippen LogP contribution in [0.15, 0.2) is 24.3 Å². The molecule has 0 aliphatic rings. The molecule has 0 bridgehead atoms. The van der Waals surface area contributed by atoms with Gasteiger partial charge >= 0.3 is 5.97 Å². The van der Waals surface area contributed by atoms with E-state index >= 15 is 0 Å². The zero-order valence-corrected chi connectivity index (χ0v) is 10.8. The molecule has 4 heteroatoms. The number of carboxylic acid groups (broad SMARTS) is 1. The Labute approximate surface area is 107 Å². The second kappa shape index (κ2) is 6.79. The molecule has 0 radical (unpaired) electrons. The standard InChI is InChI=1S/C14H19NO3/c1-10-4-3-5-12(8-10)9-13(16)15-11(2)6-7-14(17)18/h3-5,8,11H,6-7,9H2,1-2H3,(H,15,16)(H,17,18)/t11-/m1/s1. The Morgan fingerprint density at radius 3 is 2.72 bits per heavy atom. The Bertz CT molecular complexity index is 429. The number of carbonyl (C=O) groups is 2. The summed E-state index contributed by atoms with van der Waals surface area (Å²) < 4.78 is 0. The molecule has 0 spiro atoms. The van der Waals surface area contributed by atoms with E-state index in [0.717, 1.165) is 11.1 Å². The molecule has 0 saturated carbocycles. The predicted molar refractivity (Wildman–Crippen MR) is 69.4 cm³/mol. The highest BCUT2D eigenvalue weighted by molar-refractivity contribution is 5.79. The lowest BCUT2D eigenvalue weighted by atomic mass is 10.1. The number of carbonyl (C=O) groups excluding carboxylic acids is 1. The molecule has 1 rings (SSSR count). The third kappa shape index (κ3) is 5.48. The lowest BCUT2D eigenvalue weighted by molar-refractivity contribution is -0.137. The molecule has 0 fully saturated rings. The van der Waals surface area contributed by atoms with Crippen molar-refractivity contribution < 1.29 is 14.7 Å². The Morgan fingerprint density at radius 1 is 1.39 bits per heavy atom. The monoisotopic (exact) mass is 249 g/mol. The topological polar surface area (TPSA) is 66.4 Å². The molecule has 1 atom stereocenters. The van der Waals surface area contributed by atoms with Crippen LogP contribution in [0.1, 0.15) is 30.9 Å². The van der Waals surface area contributed by atoms with Gasteiger partial charge in [-0.2, -0.15) is 0 Å². The Morgan fingerprint density at radius 2 is 2.11 bits per heavy atom. The van der Waals surface area contributed by atoms with Crippen LogP contribution >= 0.6 is 0 Å². The lowest BCUT2D eigenvalue weighted by Crippen LogP contribution is -2.34. The molecule has 1 aromatic rings. The van der Waals surface area contributed by atoms with Crippen LogP contribution in [0.5, 0.6) is 0 Å². The van der Waals surface area contributed by atoms with E-state index in [-0.39, 0.29) is 18.4 Å². The van der Waals surface area contributed by atoms with Gasteiger partial charge in [0.05, 0.1) is 6.42 Å². The summed E-state index contributed by atoms with van der Waals surface area (Å²) >= 11 is 0. The van der Waals surface area contributed by atoms with E-state index < -0.39 is 5.97 Å². The molecule has 0 aliphatic heterocycles. The maximum Gasteiger partial charge on any atom is 0.303 e. The van der Waals surface area contributed by atoms with Crippen molar-refractivity contribution in [3.8, 4) is 0 Å². The highest BCUT2D eigenvalue weighted by Crippen LogP contribution is 2.05. The van der Waals surface area contributed by atoms with Crippen LogP contribution < -0.4 is 5.32 Å². The maximum atomic E-state index is 11.7. The number of rotatable bonds is 6. The molecule has 1 aromatic carbocycles. The quantitative estimate of drug-likeness (QED) is 0.809. The smallest absolute Gasteiger partial charge is 0.303 e. The van der Waals surface area contributed by atoms with E-state index in [1.165, 1.54) is 0 Å². The average Bonchev–Trinajstić information content (AvgIpc) is 2.26. The molecule has 98 valence electrons. The van der Waals surface area contributed by atoms with E-state index in [1.54, 1.807) is 0 Å². The third-order valence-corrected chi connectivity index (χ3v) is 2.65. The molecule has 0 saturated heterocycles. The molecule has 4 nitrogen and oxygen atoms in total. The average molecular weight is 249 g/mol. The fourth-order valence-corrected chi connectivity index (χ4v) is 1.75. The fourth-order valence-electron chi connectivity index (χ4n) is 1.75. The Hall–Kier alpha value is -1.84. The summed E-state index contributed by atoms with van der Waals surface area (Å²) in [5, 5.41) is 11.4. The molecule has 18 heavy (non-hydrogen) atoms. The van der Waals surface area contributed by atoms with Gasteiger partial charge in [-0.05, 0) is 25.8 Å². The summed E-state index contributed by atoms with van der Waals surface area (Å²) in [6, 6.07) is 7.68. The number of carboxylic acids is 1. The van der Waals surface area contributed by atoms with Crippen LogP contribution in [0.3, 0.4) is 0 Å². The van der Waals surface area contributed by atoms with Crippen molar-refractivity contribution in [3.63, 3.8) is 0 Å². The summed E-state index contributed by atoms with van der Waals surface area (Å²) in [4.78, 5) is 22.1. The Kier molecular flexibility index (Phi) is 5.36. The highest BCUT2D eigenvalue weighted by atomic mass is 16.4. The first-order chi connectivity index (χ1) is 8.47. The summed E-state index contributed by atoms with van der Waals surface area (Å²) in [5.41, 5.74) is 2.09. The van der Waals surface area contributed by atoms with Crippen molar-refractivity contribution in [1.82, 2.24) is 5.32 Å². The number of hydrogen-bond acceptors (Lipinski definition) is 2. The van der Waals surface area contributed by atoms with E-state index in [0.29, 0.717) is 12.8 Å². The number of amides is 1. The molecule has 0 unspecified atom stereocenters. The molecule has 2 N–H and O–H groups in total. The van der Waals surface area contributed by atoms with Crippen LogP contribution in [-0.4, -0.2) is 23.0 Å². The summed E-state index contributed by atoms with van der Waals surface area (Å²) in [6.07, 6.45) is 0.861. The Balaban J connectivity index is 2.39. The van der Waals surface area contributed by atoms with Crippen molar-refractivity contribution >= 4 is 11.9 Å². The van der Waals surface area contributed by atoms with Crippen LogP contribution in [0.4, 0.5) is 0 Å². The second-order valence-electron chi connectivity index (χ2n) is 4.57. The minimum Gasteiger partial charge on any atom is -0.481 e. The van der Waals surface area contributed by atoms with Crippen molar-refractivity contribution in [1.29, 1.82) is 0 Å². The molecule has 1 amide bonds. The van der Waals surface area contributed by atoms with Crippen LogP contribution in [0.2, 0.25) is 0 Å². The van der Waals surface area contributed by atoms with Crippen LogP contribution in [0, 0.1) is 6.92 Å². The van der Waals surface area contributed by atoms with Gasteiger partial charge in [0.1, 0.15) is 0 Å². The van der Waals surface area contributed by atoms with Gasteiger partial charge in [0.25, 0.3) is 0 Å². The zero-order valence-electron chi connectivity index (χ0n) is 10.8. The first-order valence-corrected chi connectivity index (χ1v) is 6.04. The number of nitrogens with one attached hydrogen (secondary N) is 1. The van der Waals surface area contributed by atoms with Crippen molar-refractivity contribution in [2.45, 2.75) is 39.2 Å². The van der Waals surface area contributed by atoms with E-state index in [2.05, 4.69) is 5.32 Å². The van der Waals surface area contributed by atoms with Crippen molar-refractivity contribution in [3.05, 3.63) is 35.4 Å². The van der Waals surface area contributed by atoms with E-state index in [1.807, 2.05) is 38.1 Å². The molecular weight excluding hydrogens is 230 g/mol. The first-order valence-electron chi connectivity index (χ1n) is 6.04. The minimum atomic E-state index is -0.838. The number of benzene rings is 1. The largest absolute Gasteiger partial charge is 0.481 e. The van der Waals surface area contributed by atoms with Crippen molar-refractivity contribution in [2.24, 2.45) is 0 Å². The summed E-state index contributed by atoms with van der Waals surface area (Å²) in [5.74, 6) is -0.909. The first kappa shape index (κ1) is 14.2. The van der Waals surface area contributed by atoms with Gasteiger partial charge < -0.3 is 10.4 Å². The van der Waals surface area contributed by atoms with E-state index in [4.69, 9.17) is 5.11 Å². The summed E-state index contributed by atoms with van der Waals surface area (Å²) in [6.45, 7) is 3.80. The van der Waals surface area contributed by atoms with Gasteiger partial charge in [-0.3, -0.25) is 9.59 Å². The zero-order chi connectivity index (χ0) is 13.5. The SMILES string of the molecule is Cc1cccc(CC(=O)N[C@H](C)CCC(=O)O)c1.